The van der Waals surface area contributed by atoms with E-state index in [1.54, 1.807) is 0 Å². The minimum Gasteiger partial charge on any atom is -0.347 e. The van der Waals surface area contributed by atoms with Gasteiger partial charge in [-0.2, -0.15) is 23.1 Å². The maximum absolute atomic E-state index is 13.4. The zero-order chi connectivity index (χ0) is 23.1. The zero-order valence-corrected chi connectivity index (χ0v) is 16.4. The predicted octanol–water partition coefficient (Wildman–Crippen LogP) is 1.35. The molecule has 2 aromatic heterocycles. The molecule has 4 amide bonds. The topological polar surface area (TPSA) is 131 Å². The van der Waals surface area contributed by atoms with Gasteiger partial charge in [-0.3, -0.25) is 14.9 Å². The van der Waals surface area contributed by atoms with Crippen LogP contribution in [0.2, 0.25) is 0 Å². The van der Waals surface area contributed by atoms with Crippen LogP contribution in [0.5, 0.6) is 0 Å². The van der Waals surface area contributed by atoms with Crippen LogP contribution in [0.15, 0.2) is 36.0 Å². The Kier molecular flexibility index (Phi) is 5.12. The normalized spacial score (nSPS) is 18.4. The van der Waals surface area contributed by atoms with Crippen LogP contribution in [-0.2, 0) is 16.5 Å². The summed E-state index contributed by atoms with van der Waals surface area (Å²) >= 11 is 0.245. The van der Waals surface area contributed by atoms with E-state index in [1.807, 2.05) is 5.32 Å². The van der Waals surface area contributed by atoms with Gasteiger partial charge in [0.2, 0.25) is 0 Å². The first-order chi connectivity index (χ1) is 15.1. The molecular formula is C17H11F4N7O3S. The fourth-order valence-corrected chi connectivity index (χ4v) is 3.72. The number of amides is 4. The Balaban J connectivity index is 1.58. The van der Waals surface area contributed by atoms with Crippen molar-refractivity contribution in [2.24, 2.45) is 0 Å². The van der Waals surface area contributed by atoms with Crippen molar-refractivity contribution >= 4 is 29.2 Å². The summed E-state index contributed by atoms with van der Waals surface area (Å²) < 4.78 is 53.2. The molecule has 1 aliphatic rings. The lowest BCUT2D eigenvalue weighted by Crippen LogP contribution is -2.53. The van der Waals surface area contributed by atoms with Gasteiger partial charge in [0.25, 0.3) is 11.8 Å². The van der Waals surface area contributed by atoms with E-state index in [0.29, 0.717) is 5.69 Å². The van der Waals surface area contributed by atoms with Gasteiger partial charge in [-0.05, 0) is 24.3 Å². The Morgan fingerprint density at radius 3 is 2.56 bits per heavy atom. The number of rotatable bonds is 5. The smallest absolute Gasteiger partial charge is 0.347 e. The van der Waals surface area contributed by atoms with Gasteiger partial charge < -0.3 is 10.6 Å². The number of hydrogen-bond acceptors (Lipinski definition) is 7. The van der Waals surface area contributed by atoms with Crippen molar-refractivity contribution in [2.45, 2.75) is 11.7 Å². The van der Waals surface area contributed by atoms with E-state index >= 15 is 0 Å². The van der Waals surface area contributed by atoms with Crippen LogP contribution in [0, 0.1) is 5.82 Å². The highest BCUT2D eigenvalue weighted by Gasteiger charge is 2.54. The van der Waals surface area contributed by atoms with Gasteiger partial charge in [0.05, 0.1) is 23.9 Å². The quantitative estimate of drug-likeness (QED) is 0.382. The molecule has 0 unspecified atom stereocenters. The molecule has 3 N–H and O–H groups in total. The molecule has 0 saturated carbocycles. The highest BCUT2D eigenvalue weighted by Crippen LogP contribution is 2.39. The van der Waals surface area contributed by atoms with Gasteiger partial charge in [-0.15, -0.1) is 16.4 Å². The summed E-state index contributed by atoms with van der Waals surface area (Å²) in [6, 6.07) is 4.02. The van der Waals surface area contributed by atoms with Crippen LogP contribution in [-0.4, -0.2) is 44.4 Å². The first-order valence-electron chi connectivity index (χ1n) is 8.71. The summed E-state index contributed by atoms with van der Waals surface area (Å²) in [5.74, 6) is -2.47. The fraction of sp³-hybridized carbons (Fsp3) is 0.176. The Morgan fingerprint density at radius 1 is 1.22 bits per heavy atom. The second kappa shape index (κ2) is 7.67. The number of carbonyl (C=O) groups excluding carboxylic acids is 3. The maximum Gasteiger partial charge on any atom is 0.427 e. The number of thiazole rings is 1. The third-order valence-electron chi connectivity index (χ3n) is 4.47. The first-order valence-corrected chi connectivity index (χ1v) is 9.59. The van der Waals surface area contributed by atoms with Crippen LogP contribution in [0.4, 0.5) is 22.4 Å². The lowest BCUT2D eigenvalue weighted by atomic mass is 9.94. The van der Waals surface area contributed by atoms with Gasteiger partial charge in [-0.1, -0.05) is 0 Å². The molecule has 1 aliphatic heterocycles. The van der Waals surface area contributed by atoms with Crippen molar-refractivity contribution in [2.75, 3.05) is 6.54 Å². The molecule has 0 bridgehead atoms. The Bertz CT molecular complexity index is 1210. The molecule has 0 spiro atoms. The molecule has 1 atom stereocenters. The highest BCUT2D eigenvalue weighted by atomic mass is 32.1. The molecule has 1 aromatic carbocycles. The number of benzene rings is 1. The molecule has 15 heteroatoms. The summed E-state index contributed by atoms with van der Waals surface area (Å²) in [7, 11) is 0. The SMILES string of the molecule is O=C1NC(=O)[C@@](CNC(=O)c2cnn(-c3ccc(F)cc3)n2)(c2ncsc2C(F)(F)F)N1. The molecular weight excluding hydrogens is 458 g/mol. The van der Waals surface area contributed by atoms with Crippen LogP contribution < -0.4 is 16.0 Å². The molecule has 0 aliphatic carbocycles. The van der Waals surface area contributed by atoms with E-state index in [9.17, 15) is 31.9 Å². The molecule has 3 heterocycles. The van der Waals surface area contributed by atoms with E-state index in [2.05, 4.69) is 25.8 Å². The second-order valence-electron chi connectivity index (χ2n) is 6.52. The maximum atomic E-state index is 13.4. The fourth-order valence-electron chi connectivity index (χ4n) is 2.99. The average Bonchev–Trinajstić information content (AvgIpc) is 3.45. The van der Waals surface area contributed by atoms with Gasteiger partial charge in [-0.25, -0.2) is 14.2 Å². The van der Waals surface area contributed by atoms with Crippen molar-refractivity contribution in [3.63, 3.8) is 0 Å². The zero-order valence-electron chi connectivity index (χ0n) is 15.6. The number of urea groups is 1. The summed E-state index contributed by atoms with van der Waals surface area (Å²) in [6.07, 6.45) is -3.76. The van der Waals surface area contributed by atoms with E-state index in [0.717, 1.165) is 28.6 Å². The van der Waals surface area contributed by atoms with Crippen molar-refractivity contribution in [3.05, 3.63) is 58.1 Å². The van der Waals surface area contributed by atoms with E-state index < -0.39 is 52.5 Å². The third-order valence-corrected chi connectivity index (χ3v) is 5.34. The molecule has 32 heavy (non-hydrogen) atoms. The molecule has 4 rings (SSSR count). The largest absolute Gasteiger partial charge is 0.427 e. The molecule has 0 radical (unpaired) electrons. The molecule has 10 nitrogen and oxygen atoms in total. The number of carbonyl (C=O) groups is 3. The van der Waals surface area contributed by atoms with Crippen LogP contribution >= 0.6 is 11.3 Å². The monoisotopic (exact) mass is 469 g/mol. The highest BCUT2D eigenvalue weighted by molar-refractivity contribution is 7.09. The minimum absolute atomic E-state index is 0.233. The number of alkyl halides is 3. The standard InChI is InChI=1S/C17H11F4N7O3S/c18-8-1-3-9(4-2-8)28-24-5-10(27-28)13(29)22-6-16(14(30)25-15(31)26-16)11-12(17(19,20)21)32-7-23-11/h1-5,7H,6H2,(H,22,29)(H2,25,26,30,31)/t16-/m1/s1. The molecule has 1 fully saturated rings. The number of nitrogens with zero attached hydrogens (tertiary/aromatic N) is 4. The van der Waals surface area contributed by atoms with E-state index in [-0.39, 0.29) is 17.0 Å². The molecule has 166 valence electrons. The lowest BCUT2D eigenvalue weighted by molar-refractivity contribution is -0.136. The van der Waals surface area contributed by atoms with Crippen LogP contribution in [0.1, 0.15) is 21.1 Å². The number of imide groups is 1. The van der Waals surface area contributed by atoms with Gasteiger partial charge >= 0.3 is 12.2 Å². The minimum atomic E-state index is -4.83. The number of nitrogens with one attached hydrogen (secondary N) is 3. The van der Waals surface area contributed by atoms with Crippen LogP contribution in [0.3, 0.4) is 0 Å². The lowest BCUT2D eigenvalue weighted by Gasteiger charge is -2.26. The van der Waals surface area contributed by atoms with Crippen molar-refractivity contribution < 1.29 is 31.9 Å². The van der Waals surface area contributed by atoms with E-state index in [1.165, 1.54) is 12.1 Å². The number of aromatic nitrogens is 4. The van der Waals surface area contributed by atoms with Crippen LogP contribution in [0.25, 0.3) is 5.69 Å². The Morgan fingerprint density at radius 2 is 1.94 bits per heavy atom. The number of halogens is 4. The van der Waals surface area contributed by atoms with Crippen molar-refractivity contribution in [3.8, 4) is 5.69 Å². The second-order valence-corrected chi connectivity index (χ2v) is 7.37. The first kappa shape index (κ1) is 21.4. The number of hydrogen-bond donors (Lipinski definition) is 3. The van der Waals surface area contributed by atoms with Gasteiger partial charge in [0.1, 0.15) is 16.4 Å². The van der Waals surface area contributed by atoms with Gasteiger partial charge in [0.15, 0.2) is 11.2 Å². The third kappa shape index (κ3) is 3.77. The Labute approximate surface area is 179 Å². The summed E-state index contributed by atoms with van der Waals surface area (Å²) in [5.41, 5.74) is -2.02. The summed E-state index contributed by atoms with van der Waals surface area (Å²) in [6.45, 7) is -0.736. The Hall–Kier alpha value is -3.88. The average molecular weight is 469 g/mol. The van der Waals surface area contributed by atoms with E-state index in [4.69, 9.17) is 0 Å². The summed E-state index contributed by atoms with van der Waals surface area (Å²) in [5, 5.41) is 14.1. The molecule has 3 aromatic rings. The van der Waals surface area contributed by atoms with Gasteiger partial charge in [0, 0.05) is 0 Å². The van der Waals surface area contributed by atoms with Crippen molar-refractivity contribution in [1.82, 2.24) is 35.9 Å². The van der Waals surface area contributed by atoms with Crippen molar-refractivity contribution in [1.29, 1.82) is 0 Å². The summed E-state index contributed by atoms with van der Waals surface area (Å²) in [4.78, 5) is 40.1. The molecule has 1 saturated heterocycles. The predicted molar refractivity (Wildman–Crippen MR) is 99.1 cm³/mol.